The van der Waals surface area contributed by atoms with E-state index in [4.69, 9.17) is 4.74 Å². The first-order chi connectivity index (χ1) is 13.5. The minimum atomic E-state index is -1.11. The molecule has 0 saturated heterocycles. The van der Waals surface area contributed by atoms with Gasteiger partial charge in [-0.3, -0.25) is 5.10 Å². The number of ether oxygens (including phenoxy) is 1. The number of H-pyrrole nitrogens is 1. The molecule has 0 amide bonds. The highest BCUT2D eigenvalue weighted by atomic mass is 19.1. The fourth-order valence-corrected chi connectivity index (χ4v) is 2.87. The highest BCUT2D eigenvalue weighted by Crippen LogP contribution is 2.29. The van der Waals surface area contributed by atoms with Crippen LogP contribution in [0.15, 0.2) is 48.5 Å². The molecular weight excluding hydrogens is 361 g/mol. The number of aromatic nitrogens is 4. The predicted octanol–water partition coefficient (Wildman–Crippen LogP) is 3.63. The maximum atomic E-state index is 13.2. The van der Waals surface area contributed by atoms with Gasteiger partial charge in [0.25, 0.3) is 0 Å². The second kappa shape index (κ2) is 7.24. The molecule has 28 heavy (non-hydrogen) atoms. The lowest BCUT2D eigenvalue weighted by Gasteiger charge is -2.14. The second-order valence-corrected chi connectivity index (χ2v) is 6.33. The summed E-state index contributed by atoms with van der Waals surface area (Å²) in [5, 5.41) is 21.7. The van der Waals surface area contributed by atoms with Crippen molar-refractivity contribution in [3.8, 4) is 5.75 Å². The number of fused-ring (bicyclic) bond motifs is 1. The van der Waals surface area contributed by atoms with Crippen molar-refractivity contribution in [1.29, 1.82) is 0 Å². The van der Waals surface area contributed by atoms with Crippen LogP contribution in [0, 0.1) is 12.7 Å². The Morgan fingerprint density at radius 2 is 1.89 bits per heavy atom. The van der Waals surface area contributed by atoms with Gasteiger partial charge in [-0.25, -0.2) is 14.4 Å². The van der Waals surface area contributed by atoms with E-state index < -0.39 is 6.10 Å². The molecule has 0 fully saturated rings. The fraction of sp³-hybridized carbons (Fsp3) is 0.150. The number of rotatable bonds is 5. The number of nitrogens with one attached hydrogen (secondary N) is 2. The van der Waals surface area contributed by atoms with Crippen molar-refractivity contribution in [1.82, 2.24) is 20.2 Å². The Morgan fingerprint density at radius 1 is 1.11 bits per heavy atom. The van der Waals surface area contributed by atoms with Gasteiger partial charge in [0.2, 0.25) is 0 Å². The minimum absolute atomic E-state index is 0.183. The van der Waals surface area contributed by atoms with E-state index >= 15 is 0 Å². The molecule has 2 aromatic heterocycles. The number of hydrogen-bond donors (Lipinski definition) is 3. The van der Waals surface area contributed by atoms with Crippen LogP contribution in [0.25, 0.3) is 10.9 Å². The number of benzene rings is 2. The largest absolute Gasteiger partial charge is 0.497 e. The summed E-state index contributed by atoms with van der Waals surface area (Å²) in [6.45, 7) is 1.89. The molecule has 0 aliphatic heterocycles. The van der Waals surface area contributed by atoms with E-state index in [0.717, 1.165) is 11.1 Å². The van der Waals surface area contributed by atoms with Gasteiger partial charge in [0.05, 0.1) is 12.6 Å². The molecule has 0 spiro atoms. The first-order valence-corrected chi connectivity index (χ1v) is 8.62. The van der Waals surface area contributed by atoms with Crippen LogP contribution in [0.3, 0.4) is 0 Å². The van der Waals surface area contributed by atoms with E-state index in [1.54, 1.807) is 13.2 Å². The monoisotopic (exact) mass is 379 g/mol. The third-order valence-electron chi connectivity index (χ3n) is 4.30. The molecule has 3 N–H and O–H groups in total. The molecule has 0 radical (unpaired) electrons. The summed E-state index contributed by atoms with van der Waals surface area (Å²) in [5.74, 6) is 1.53. The maximum Gasteiger partial charge on any atom is 0.164 e. The van der Waals surface area contributed by atoms with Crippen LogP contribution in [0.2, 0.25) is 0 Å². The fourth-order valence-electron chi connectivity index (χ4n) is 2.87. The number of aryl methyl sites for hydroxylation is 1. The van der Waals surface area contributed by atoms with Gasteiger partial charge in [0, 0.05) is 23.2 Å². The van der Waals surface area contributed by atoms with Crippen molar-refractivity contribution in [2.45, 2.75) is 13.0 Å². The Bertz CT molecular complexity index is 1130. The van der Waals surface area contributed by atoms with E-state index in [1.807, 2.05) is 25.1 Å². The number of methoxy groups -OCH3 is 1. The van der Waals surface area contributed by atoms with Crippen LogP contribution in [0.1, 0.15) is 23.2 Å². The molecule has 0 aliphatic rings. The van der Waals surface area contributed by atoms with Crippen molar-refractivity contribution >= 4 is 22.5 Å². The van der Waals surface area contributed by atoms with Crippen molar-refractivity contribution < 1.29 is 14.2 Å². The van der Waals surface area contributed by atoms with Crippen LogP contribution in [0.5, 0.6) is 5.75 Å². The number of anilines is 2. The molecule has 1 unspecified atom stereocenters. The second-order valence-electron chi connectivity index (χ2n) is 6.33. The molecule has 4 aromatic rings. The Hall–Kier alpha value is -3.52. The zero-order valence-electron chi connectivity index (χ0n) is 15.3. The van der Waals surface area contributed by atoms with Crippen LogP contribution in [0.4, 0.5) is 16.0 Å². The van der Waals surface area contributed by atoms with Crippen molar-refractivity contribution in [3.05, 3.63) is 71.4 Å². The lowest BCUT2D eigenvalue weighted by molar-refractivity contribution is 0.210. The van der Waals surface area contributed by atoms with Gasteiger partial charge in [-0.05, 0) is 36.8 Å². The number of aromatic amines is 1. The van der Waals surface area contributed by atoms with E-state index in [-0.39, 0.29) is 11.6 Å². The van der Waals surface area contributed by atoms with E-state index in [1.165, 1.54) is 24.3 Å². The van der Waals surface area contributed by atoms with Gasteiger partial charge in [0.15, 0.2) is 11.6 Å². The molecule has 2 aromatic carbocycles. The SMILES string of the molecule is COc1ccc2c(Nc3cc(C)[nH]n3)nc(C(O)c3ccc(F)cc3)nc2c1. The molecule has 8 heteroatoms. The zero-order valence-corrected chi connectivity index (χ0v) is 15.3. The number of aliphatic hydroxyl groups is 1. The lowest BCUT2D eigenvalue weighted by Crippen LogP contribution is -2.08. The Morgan fingerprint density at radius 3 is 2.57 bits per heavy atom. The third-order valence-corrected chi connectivity index (χ3v) is 4.30. The molecule has 0 bridgehead atoms. The van der Waals surface area contributed by atoms with Crippen LogP contribution >= 0.6 is 0 Å². The number of nitrogens with zero attached hydrogens (tertiary/aromatic N) is 3. The molecule has 4 rings (SSSR count). The first-order valence-electron chi connectivity index (χ1n) is 8.62. The maximum absolute atomic E-state index is 13.2. The summed E-state index contributed by atoms with van der Waals surface area (Å²) in [6.07, 6.45) is -1.11. The van der Waals surface area contributed by atoms with Crippen LogP contribution in [-0.4, -0.2) is 32.4 Å². The average Bonchev–Trinajstić information content (AvgIpc) is 3.12. The van der Waals surface area contributed by atoms with E-state index in [0.29, 0.717) is 28.5 Å². The summed E-state index contributed by atoms with van der Waals surface area (Å²) in [5.41, 5.74) is 1.99. The van der Waals surface area contributed by atoms with Crippen LogP contribution in [-0.2, 0) is 0 Å². The molecule has 142 valence electrons. The smallest absolute Gasteiger partial charge is 0.164 e. The molecule has 0 saturated carbocycles. The topological polar surface area (TPSA) is 96.0 Å². The van der Waals surface area contributed by atoms with E-state index in [9.17, 15) is 9.50 Å². The summed E-state index contributed by atoms with van der Waals surface area (Å²) >= 11 is 0. The normalized spacial score (nSPS) is 12.1. The Balaban J connectivity index is 1.82. The summed E-state index contributed by atoms with van der Waals surface area (Å²) in [6, 6.07) is 12.8. The molecule has 2 heterocycles. The number of hydrogen-bond acceptors (Lipinski definition) is 6. The highest BCUT2D eigenvalue weighted by Gasteiger charge is 2.18. The van der Waals surface area contributed by atoms with Crippen molar-refractivity contribution in [2.75, 3.05) is 12.4 Å². The lowest BCUT2D eigenvalue weighted by atomic mass is 10.1. The van der Waals surface area contributed by atoms with E-state index in [2.05, 4.69) is 25.5 Å². The number of halogens is 1. The quantitative estimate of drug-likeness (QED) is 0.490. The molecule has 1 atom stereocenters. The standard InChI is InChI=1S/C20H18FN5O2/c1-11-9-17(26-25-11)23-19-15-8-7-14(28-2)10-16(15)22-20(24-19)18(27)12-3-5-13(21)6-4-12/h3-10,18,27H,1-2H3,(H2,22,23,24,25,26). The van der Waals surface area contributed by atoms with Gasteiger partial charge in [-0.15, -0.1) is 0 Å². The van der Waals surface area contributed by atoms with Crippen LogP contribution < -0.4 is 10.1 Å². The van der Waals surface area contributed by atoms with Crippen molar-refractivity contribution in [3.63, 3.8) is 0 Å². The first kappa shape index (κ1) is 17.9. The highest BCUT2D eigenvalue weighted by molar-refractivity contribution is 5.91. The van der Waals surface area contributed by atoms with Crippen molar-refractivity contribution in [2.24, 2.45) is 0 Å². The molecule has 7 nitrogen and oxygen atoms in total. The zero-order chi connectivity index (χ0) is 19.7. The average molecular weight is 379 g/mol. The molecular formula is C20H18FN5O2. The minimum Gasteiger partial charge on any atom is -0.497 e. The summed E-state index contributed by atoms with van der Waals surface area (Å²) in [7, 11) is 1.57. The summed E-state index contributed by atoms with van der Waals surface area (Å²) < 4.78 is 18.5. The predicted molar refractivity (Wildman–Crippen MR) is 103 cm³/mol. The van der Waals surface area contributed by atoms with Gasteiger partial charge in [-0.1, -0.05) is 12.1 Å². The Kier molecular flexibility index (Phi) is 4.62. The van der Waals surface area contributed by atoms with Gasteiger partial charge >= 0.3 is 0 Å². The van der Waals surface area contributed by atoms with Gasteiger partial charge in [-0.2, -0.15) is 5.10 Å². The molecule has 0 aliphatic carbocycles. The van der Waals surface area contributed by atoms with Gasteiger partial charge in [0.1, 0.15) is 23.5 Å². The third kappa shape index (κ3) is 3.49. The Labute approximate surface area is 160 Å². The summed E-state index contributed by atoms with van der Waals surface area (Å²) in [4.78, 5) is 8.99. The van der Waals surface area contributed by atoms with Gasteiger partial charge < -0.3 is 15.2 Å². The number of aliphatic hydroxyl groups excluding tert-OH is 1.